The number of nitrogens with one attached hydrogen (secondary N) is 1. The second-order valence-corrected chi connectivity index (χ2v) is 10.2. The molecule has 0 saturated heterocycles. The van der Waals surface area contributed by atoms with Gasteiger partial charge in [0.1, 0.15) is 17.7 Å². The van der Waals surface area contributed by atoms with Crippen molar-refractivity contribution < 1.29 is 9.53 Å². The zero-order valence-corrected chi connectivity index (χ0v) is 19.7. The van der Waals surface area contributed by atoms with Crippen LogP contribution in [0.15, 0.2) is 41.3 Å². The second kappa shape index (κ2) is 8.78. The van der Waals surface area contributed by atoms with E-state index < -0.39 is 11.5 Å². The third kappa shape index (κ3) is 4.27. The highest BCUT2D eigenvalue weighted by molar-refractivity contribution is 7.98. The molecular weight excluding hydrogens is 450 g/mol. The Kier molecular flexibility index (Phi) is 5.80. The number of aryl methyl sites for hydroxylation is 1. The minimum atomic E-state index is -0.440. The van der Waals surface area contributed by atoms with E-state index >= 15 is 0 Å². The van der Waals surface area contributed by atoms with Crippen molar-refractivity contribution in [2.75, 3.05) is 6.61 Å². The molecule has 0 aliphatic heterocycles. The number of nitrogens with two attached hydrogens (primary N) is 1. The molecule has 3 aromatic rings. The summed E-state index contributed by atoms with van der Waals surface area (Å²) >= 11 is 1.31. The van der Waals surface area contributed by atoms with E-state index in [9.17, 15) is 9.59 Å². The standard InChI is InChI=1S/C25H25N5O3S/c1-30-21-18(20(17-6-7-17)13-29-23(21)33-14-25(34-27)8-9-25)10-19(24(30)32)22(31)28-12-16-4-2-15(11-26)3-5-16/h2-5,10,13,17H,6-9,12,14,27H2,1H3,(H,28,31). The summed E-state index contributed by atoms with van der Waals surface area (Å²) in [6.45, 7) is 0.685. The van der Waals surface area contributed by atoms with Gasteiger partial charge in [0.2, 0.25) is 5.88 Å². The number of carbonyl (C=O) groups excluding carboxylic acids is 1. The van der Waals surface area contributed by atoms with Crippen LogP contribution in [0, 0.1) is 11.3 Å². The molecule has 9 heteroatoms. The lowest BCUT2D eigenvalue weighted by Gasteiger charge is -2.17. The smallest absolute Gasteiger partial charge is 0.263 e. The predicted molar refractivity (Wildman–Crippen MR) is 131 cm³/mol. The molecule has 2 aliphatic carbocycles. The summed E-state index contributed by atoms with van der Waals surface area (Å²) in [5.41, 5.74) is 2.72. The van der Waals surface area contributed by atoms with Crippen molar-refractivity contribution in [1.29, 1.82) is 5.26 Å². The predicted octanol–water partition coefficient (Wildman–Crippen LogP) is 3.13. The topological polar surface area (TPSA) is 123 Å². The summed E-state index contributed by atoms with van der Waals surface area (Å²) in [7, 11) is 1.65. The van der Waals surface area contributed by atoms with Gasteiger partial charge in [0.25, 0.3) is 11.5 Å². The molecule has 174 valence electrons. The molecule has 2 saturated carbocycles. The third-order valence-corrected chi connectivity index (χ3v) is 7.60. The molecular formula is C25H25N5O3S. The number of nitrogens with zero attached hydrogens (tertiary/aromatic N) is 3. The fourth-order valence-electron chi connectivity index (χ4n) is 4.07. The minimum absolute atomic E-state index is 0.0761. The van der Waals surface area contributed by atoms with E-state index in [1.54, 1.807) is 37.4 Å². The van der Waals surface area contributed by atoms with Crippen LogP contribution in [0.3, 0.4) is 0 Å². The maximum atomic E-state index is 13.2. The minimum Gasteiger partial charge on any atom is -0.475 e. The molecule has 1 aromatic carbocycles. The highest BCUT2D eigenvalue weighted by atomic mass is 32.2. The van der Waals surface area contributed by atoms with Crippen LogP contribution in [0.2, 0.25) is 0 Å². The van der Waals surface area contributed by atoms with E-state index in [0.717, 1.165) is 42.2 Å². The monoisotopic (exact) mass is 475 g/mol. The molecule has 3 N–H and O–H groups in total. The number of benzene rings is 1. The van der Waals surface area contributed by atoms with Gasteiger partial charge in [-0.25, -0.2) is 4.98 Å². The summed E-state index contributed by atoms with van der Waals surface area (Å²) in [6, 6.07) is 10.7. The average Bonchev–Trinajstić information content (AvgIpc) is 3.79. The van der Waals surface area contributed by atoms with Crippen LogP contribution in [0.1, 0.15) is 58.6 Å². The van der Waals surface area contributed by atoms with Crippen LogP contribution in [-0.4, -0.2) is 26.8 Å². The second-order valence-electron chi connectivity index (χ2n) is 9.06. The van der Waals surface area contributed by atoms with E-state index in [2.05, 4.69) is 16.4 Å². The van der Waals surface area contributed by atoms with Gasteiger partial charge in [-0.2, -0.15) is 5.26 Å². The Morgan fingerprint density at radius 1 is 1.35 bits per heavy atom. The number of hydrogen-bond acceptors (Lipinski definition) is 7. The Balaban J connectivity index is 1.47. The number of rotatable bonds is 8. The average molecular weight is 476 g/mol. The van der Waals surface area contributed by atoms with Crippen molar-refractivity contribution in [3.8, 4) is 11.9 Å². The molecule has 0 atom stereocenters. The molecule has 5 rings (SSSR count). The number of nitriles is 1. The lowest BCUT2D eigenvalue weighted by Crippen LogP contribution is -2.32. The lowest BCUT2D eigenvalue weighted by atomic mass is 10.0. The quantitative estimate of drug-likeness (QED) is 0.480. The van der Waals surface area contributed by atoms with Gasteiger partial charge in [0.05, 0.1) is 16.4 Å². The highest BCUT2D eigenvalue weighted by Crippen LogP contribution is 2.47. The van der Waals surface area contributed by atoms with E-state index in [1.165, 1.54) is 16.5 Å². The van der Waals surface area contributed by atoms with Crippen LogP contribution in [-0.2, 0) is 13.6 Å². The Labute approximate surface area is 201 Å². The fraction of sp³-hybridized carbons (Fsp3) is 0.360. The zero-order valence-electron chi connectivity index (χ0n) is 18.8. The SMILES string of the molecule is Cn1c(=O)c(C(=O)NCc2ccc(C#N)cc2)cc2c(C3CC3)cnc(OCC3(SN)CC3)c21. The van der Waals surface area contributed by atoms with Gasteiger partial charge in [-0.15, -0.1) is 0 Å². The van der Waals surface area contributed by atoms with E-state index in [0.29, 0.717) is 29.5 Å². The number of amides is 1. The Morgan fingerprint density at radius 3 is 2.71 bits per heavy atom. The van der Waals surface area contributed by atoms with Crippen molar-refractivity contribution in [1.82, 2.24) is 14.9 Å². The fourth-order valence-corrected chi connectivity index (χ4v) is 4.54. The summed E-state index contributed by atoms with van der Waals surface area (Å²) in [6.07, 6.45) is 5.93. The van der Waals surface area contributed by atoms with Crippen LogP contribution in [0.25, 0.3) is 10.9 Å². The number of pyridine rings is 2. The number of hydrogen-bond donors (Lipinski definition) is 2. The summed E-state index contributed by atoms with van der Waals surface area (Å²) in [5, 5.41) is 18.4. The maximum absolute atomic E-state index is 13.2. The zero-order chi connectivity index (χ0) is 23.9. The first-order valence-electron chi connectivity index (χ1n) is 11.3. The van der Waals surface area contributed by atoms with Gasteiger partial charge in [-0.05, 0) is 60.9 Å². The van der Waals surface area contributed by atoms with Crippen LogP contribution >= 0.6 is 11.9 Å². The number of ether oxygens (including phenoxy) is 1. The Hall–Kier alpha value is -3.35. The maximum Gasteiger partial charge on any atom is 0.263 e. The van der Waals surface area contributed by atoms with Crippen molar-refractivity contribution in [2.24, 2.45) is 12.2 Å². The van der Waals surface area contributed by atoms with Crippen molar-refractivity contribution in [2.45, 2.75) is 42.9 Å². The van der Waals surface area contributed by atoms with Gasteiger partial charge in [0, 0.05) is 25.2 Å². The van der Waals surface area contributed by atoms with Gasteiger partial charge in [-0.1, -0.05) is 24.1 Å². The van der Waals surface area contributed by atoms with Gasteiger partial charge >= 0.3 is 0 Å². The van der Waals surface area contributed by atoms with E-state index in [4.69, 9.17) is 15.1 Å². The molecule has 0 spiro atoms. The van der Waals surface area contributed by atoms with Crippen molar-refractivity contribution >= 4 is 28.8 Å². The molecule has 0 radical (unpaired) electrons. The molecule has 34 heavy (non-hydrogen) atoms. The number of fused-ring (bicyclic) bond motifs is 1. The molecule has 2 aromatic heterocycles. The number of aromatic nitrogens is 2. The molecule has 8 nitrogen and oxygen atoms in total. The van der Waals surface area contributed by atoms with Crippen molar-refractivity contribution in [3.05, 3.63) is 69.1 Å². The Bertz CT molecular complexity index is 1370. The van der Waals surface area contributed by atoms with Gasteiger partial charge < -0.3 is 14.6 Å². The van der Waals surface area contributed by atoms with Crippen LogP contribution < -0.4 is 20.8 Å². The van der Waals surface area contributed by atoms with Crippen LogP contribution in [0.5, 0.6) is 5.88 Å². The normalized spacial score (nSPS) is 16.1. The van der Waals surface area contributed by atoms with Crippen LogP contribution in [0.4, 0.5) is 0 Å². The van der Waals surface area contributed by atoms with Crippen molar-refractivity contribution in [3.63, 3.8) is 0 Å². The Morgan fingerprint density at radius 2 is 2.09 bits per heavy atom. The molecule has 0 unspecified atom stereocenters. The van der Waals surface area contributed by atoms with E-state index in [1.807, 2.05) is 6.20 Å². The number of carbonyl (C=O) groups is 1. The molecule has 2 aliphatic rings. The first kappa shape index (κ1) is 22.4. The highest BCUT2D eigenvalue weighted by Gasteiger charge is 2.44. The molecule has 2 heterocycles. The molecule has 1 amide bonds. The summed E-state index contributed by atoms with van der Waals surface area (Å²) < 4.78 is 7.45. The third-order valence-electron chi connectivity index (χ3n) is 6.58. The lowest BCUT2D eigenvalue weighted by molar-refractivity contribution is 0.0949. The first-order valence-corrected chi connectivity index (χ1v) is 12.1. The first-order chi connectivity index (χ1) is 16.4. The summed E-state index contributed by atoms with van der Waals surface area (Å²) in [5.74, 6) is 0.332. The summed E-state index contributed by atoms with van der Waals surface area (Å²) in [4.78, 5) is 30.7. The van der Waals surface area contributed by atoms with Gasteiger partial charge in [-0.3, -0.25) is 14.7 Å². The van der Waals surface area contributed by atoms with Gasteiger partial charge in [0.15, 0.2) is 0 Å². The molecule has 0 bridgehead atoms. The molecule has 2 fully saturated rings. The largest absolute Gasteiger partial charge is 0.475 e. The van der Waals surface area contributed by atoms with E-state index in [-0.39, 0.29) is 16.9 Å².